The molecular weight excluding hydrogens is 525 g/mol. The third-order valence-corrected chi connectivity index (χ3v) is 7.12. The van der Waals surface area contributed by atoms with Gasteiger partial charge in [-0.3, -0.25) is 9.13 Å². The van der Waals surface area contributed by atoms with Gasteiger partial charge < -0.3 is 14.9 Å². The number of benzene rings is 3. The predicted octanol–water partition coefficient (Wildman–Crippen LogP) is 5.21. The van der Waals surface area contributed by atoms with Crippen molar-refractivity contribution in [2.24, 2.45) is 14.1 Å². The van der Waals surface area contributed by atoms with E-state index in [0.717, 1.165) is 0 Å². The maximum absolute atomic E-state index is 14.5. The van der Waals surface area contributed by atoms with Crippen molar-refractivity contribution in [1.82, 2.24) is 9.13 Å². The number of hydrogen-bond donors (Lipinski definition) is 2. The van der Waals surface area contributed by atoms with Gasteiger partial charge in [-0.1, -0.05) is 48.9 Å². The molecule has 0 amide bonds. The van der Waals surface area contributed by atoms with Crippen LogP contribution in [0, 0.1) is 0 Å². The van der Waals surface area contributed by atoms with Crippen molar-refractivity contribution in [3.05, 3.63) is 87.3 Å². The zero-order valence-corrected chi connectivity index (χ0v) is 21.3. The third kappa shape index (κ3) is 4.65. The summed E-state index contributed by atoms with van der Waals surface area (Å²) in [5.41, 5.74) is -2.08. The van der Waals surface area contributed by atoms with Gasteiger partial charge >= 0.3 is 17.8 Å². The summed E-state index contributed by atoms with van der Waals surface area (Å²) in [5, 5.41) is 20.0. The third-order valence-electron chi connectivity index (χ3n) is 6.79. The molecule has 0 bridgehead atoms. The molecule has 200 valence electrons. The van der Waals surface area contributed by atoms with Gasteiger partial charge in [0.25, 0.3) is 0 Å². The first-order valence-electron chi connectivity index (χ1n) is 11.4. The van der Waals surface area contributed by atoms with E-state index in [1.54, 1.807) is 30.3 Å². The van der Waals surface area contributed by atoms with Crippen molar-refractivity contribution >= 4 is 28.6 Å². The van der Waals surface area contributed by atoms with E-state index in [2.05, 4.69) is 0 Å². The first-order chi connectivity index (χ1) is 17.8. The Labute approximate surface area is 220 Å². The van der Waals surface area contributed by atoms with Gasteiger partial charge in [0.15, 0.2) is 12.2 Å². The smallest absolute Gasteiger partial charge is 0.422 e. The summed E-state index contributed by atoms with van der Waals surface area (Å²) in [6.45, 7) is 0.755. The number of aryl methyl sites for hydroxylation is 2. The molecule has 4 aromatic rings. The zero-order chi connectivity index (χ0) is 28.0. The number of hydrogen-bond acceptors (Lipinski definition) is 4. The van der Waals surface area contributed by atoms with E-state index in [-0.39, 0.29) is 16.1 Å². The van der Waals surface area contributed by atoms with Crippen molar-refractivity contribution in [3.63, 3.8) is 0 Å². The molecule has 2 atom stereocenters. The van der Waals surface area contributed by atoms with Crippen LogP contribution in [-0.2, 0) is 24.5 Å². The zero-order valence-electron chi connectivity index (χ0n) is 20.6. The molecule has 2 N–H and O–H groups in total. The minimum atomic E-state index is -5.07. The molecule has 0 radical (unpaired) electrons. The Kier molecular flexibility index (Phi) is 7.07. The number of ether oxygens (including phenoxy) is 1. The van der Waals surface area contributed by atoms with Gasteiger partial charge in [-0.05, 0) is 52.6 Å². The lowest BCUT2D eigenvalue weighted by molar-refractivity contribution is -0.274. The van der Waals surface area contributed by atoms with E-state index in [1.807, 2.05) is 0 Å². The molecule has 0 aliphatic carbocycles. The van der Waals surface area contributed by atoms with E-state index in [1.165, 1.54) is 60.5 Å². The molecule has 0 aliphatic rings. The number of carbonyl (C=O) groups is 1. The van der Waals surface area contributed by atoms with Crippen LogP contribution in [0.15, 0.2) is 65.5 Å². The number of nitrogens with zero attached hydrogens (tertiary/aromatic N) is 2. The number of aliphatic carboxylic acids is 1. The lowest BCUT2D eigenvalue weighted by Gasteiger charge is -2.37. The lowest BCUT2D eigenvalue weighted by Crippen LogP contribution is -2.46. The quantitative estimate of drug-likeness (QED) is 0.330. The van der Waals surface area contributed by atoms with Crippen molar-refractivity contribution in [1.29, 1.82) is 0 Å². The maximum atomic E-state index is 14.5. The van der Waals surface area contributed by atoms with Crippen LogP contribution in [0.5, 0.6) is 5.75 Å². The van der Waals surface area contributed by atoms with Crippen molar-refractivity contribution in [2.45, 2.75) is 24.6 Å². The van der Waals surface area contributed by atoms with E-state index in [9.17, 15) is 27.9 Å². The molecule has 38 heavy (non-hydrogen) atoms. The van der Waals surface area contributed by atoms with Gasteiger partial charge in [0, 0.05) is 25.0 Å². The van der Waals surface area contributed by atoms with Gasteiger partial charge in [0.2, 0.25) is 0 Å². The summed E-state index contributed by atoms with van der Waals surface area (Å²) in [7, 11) is 2.96. The molecule has 3 aromatic carbocycles. The lowest BCUT2D eigenvalue weighted by atomic mass is 9.77. The van der Waals surface area contributed by atoms with Crippen molar-refractivity contribution in [3.8, 4) is 16.9 Å². The van der Waals surface area contributed by atoms with Crippen LogP contribution in [0.25, 0.3) is 22.2 Å². The molecule has 0 fully saturated rings. The molecule has 0 spiro atoms. The molecular formula is C27H24ClF3N2O5. The summed E-state index contributed by atoms with van der Waals surface area (Å²) in [4.78, 5) is 22.9. The molecule has 2 unspecified atom stereocenters. The van der Waals surface area contributed by atoms with E-state index in [4.69, 9.17) is 21.4 Å². The fourth-order valence-electron chi connectivity index (χ4n) is 4.57. The second-order valence-electron chi connectivity index (χ2n) is 9.03. The van der Waals surface area contributed by atoms with E-state index >= 15 is 0 Å². The number of carboxylic acids is 1. The summed E-state index contributed by atoms with van der Waals surface area (Å²) in [6, 6.07) is 14.7. The molecule has 0 aliphatic heterocycles. The summed E-state index contributed by atoms with van der Waals surface area (Å²) in [6.07, 6.45) is -5.07. The fourth-order valence-corrected chi connectivity index (χ4v) is 4.92. The highest BCUT2D eigenvalue weighted by molar-refractivity contribution is 6.31. The van der Waals surface area contributed by atoms with Crippen LogP contribution in [0.1, 0.15) is 24.0 Å². The van der Waals surface area contributed by atoms with Gasteiger partial charge in [-0.15, -0.1) is 0 Å². The number of alkyl halides is 3. The molecule has 0 saturated heterocycles. The fraction of sp³-hybridized carbons (Fsp3) is 0.259. The SMILES string of the molecule is CC(c1ccc(-c2ccc(OCC(=O)O)cc2)cc1Cl)C(O)(c1ccc2c(c1)n(C)c(=O)n2C)C(F)(F)F. The first kappa shape index (κ1) is 27.3. The topological polar surface area (TPSA) is 93.7 Å². The summed E-state index contributed by atoms with van der Waals surface area (Å²) >= 11 is 6.46. The Bertz CT molecular complexity index is 1580. The van der Waals surface area contributed by atoms with Gasteiger partial charge in [0.05, 0.1) is 11.0 Å². The number of fused-ring (bicyclic) bond motifs is 1. The van der Waals surface area contributed by atoms with Crippen LogP contribution >= 0.6 is 11.6 Å². The second kappa shape index (κ2) is 9.85. The monoisotopic (exact) mass is 548 g/mol. The van der Waals surface area contributed by atoms with Gasteiger partial charge in [0.1, 0.15) is 5.75 Å². The highest BCUT2D eigenvalue weighted by atomic mass is 35.5. The van der Waals surface area contributed by atoms with E-state index < -0.39 is 41.5 Å². The van der Waals surface area contributed by atoms with Crippen molar-refractivity contribution < 1.29 is 32.9 Å². The molecule has 0 saturated carbocycles. The molecule has 11 heteroatoms. The van der Waals surface area contributed by atoms with Crippen LogP contribution in [0.4, 0.5) is 13.2 Å². The number of aromatic nitrogens is 2. The Morgan fingerprint density at radius 1 is 0.974 bits per heavy atom. The van der Waals surface area contributed by atoms with Crippen LogP contribution in [-0.4, -0.2) is 38.1 Å². The number of halogens is 4. The molecule has 1 heterocycles. The number of aliphatic hydroxyl groups is 1. The average molecular weight is 549 g/mol. The largest absolute Gasteiger partial charge is 0.482 e. The minimum absolute atomic E-state index is 0.0251. The number of carboxylic acid groups (broad SMARTS) is 1. The average Bonchev–Trinajstić information content (AvgIpc) is 3.09. The Morgan fingerprint density at radius 2 is 1.58 bits per heavy atom. The molecule has 4 rings (SSSR count). The normalized spacial score (nSPS) is 14.3. The number of imidazole rings is 1. The summed E-state index contributed by atoms with van der Waals surface area (Å²) in [5.74, 6) is -2.28. The molecule has 7 nitrogen and oxygen atoms in total. The van der Waals surface area contributed by atoms with Crippen LogP contribution in [0.3, 0.4) is 0 Å². The highest BCUT2D eigenvalue weighted by Gasteiger charge is 2.59. The Hall–Kier alpha value is -3.76. The second-order valence-corrected chi connectivity index (χ2v) is 9.44. The predicted molar refractivity (Wildman–Crippen MR) is 137 cm³/mol. The molecule has 1 aromatic heterocycles. The van der Waals surface area contributed by atoms with Crippen LogP contribution < -0.4 is 10.4 Å². The van der Waals surface area contributed by atoms with Crippen molar-refractivity contribution in [2.75, 3.05) is 6.61 Å². The summed E-state index contributed by atoms with van der Waals surface area (Å²) < 4.78 is 51.2. The number of rotatable bonds is 7. The Morgan fingerprint density at radius 3 is 2.16 bits per heavy atom. The first-order valence-corrected chi connectivity index (χ1v) is 11.8. The Balaban J connectivity index is 1.72. The van der Waals surface area contributed by atoms with E-state index in [0.29, 0.717) is 22.4 Å². The van der Waals surface area contributed by atoms with Gasteiger partial charge in [-0.2, -0.15) is 13.2 Å². The standard InChI is InChI=1S/C27H24ClF3N2O5/c1-15(20-10-6-17(12-21(20)28)16-4-8-19(9-5-16)38-14-24(34)35)26(37,27(29,30)31)18-7-11-22-23(13-18)33(3)25(36)32(22)2/h4-13,15,37H,14H2,1-3H3,(H,34,35). The van der Waals surface area contributed by atoms with Crippen LogP contribution in [0.2, 0.25) is 5.02 Å². The minimum Gasteiger partial charge on any atom is -0.482 e. The highest BCUT2D eigenvalue weighted by Crippen LogP contribution is 2.50. The van der Waals surface area contributed by atoms with Gasteiger partial charge in [-0.25, -0.2) is 9.59 Å². The maximum Gasteiger partial charge on any atom is 0.422 e.